The first-order chi connectivity index (χ1) is 13.6. The average molecular weight is 509 g/mol. The molecule has 0 amide bonds. The number of hydrogen-bond acceptors (Lipinski definition) is 0. The monoisotopic (exact) mass is 508 g/mol. The Balaban J connectivity index is 1.51. The van der Waals surface area contributed by atoms with Gasteiger partial charge in [0.2, 0.25) is 0 Å². The molecule has 0 spiro atoms. The molecule has 0 nitrogen and oxygen atoms in total. The maximum Gasteiger partial charge on any atom is 0.0238 e. The molecule has 8 bridgehead atoms. The average Bonchev–Trinajstić information content (AvgIpc) is 2.65. The summed E-state index contributed by atoms with van der Waals surface area (Å²) in [6.45, 7) is 10.2. The normalized spacial score (nSPS) is 62.2. The Labute approximate surface area is 194 Å². The fraction of sp³-hybridized carbons (Fsp3) is 1.00. The fourth-order valence-electron chi connectivity index (χ4n) is 12.5. The van der Waals surface area contributed by atoms with Crippen molar-refractivity contribution in [2.45, 2.75) is 134 Å². The summed E-state index contributed by atoms with van der Waals surface area (Å²) in [5.41, 5.74) is 4.21. The van der Waals surface area contributed by atoms with E-state index in [-0.39, 0.29) is 0 Å². The molecule has 8 rings (SSSR count). The fourth-order valence-corrected chi connectivity index (χ4v) is 14.8. The highest BCUT2D eigenvalue weighted by Gasteiger charge is 2.75. The lowest BCUT2D eigenvalue weighted by atomic mass is 9.27. The van der Waals surface area contributed by atoms with Crippen LogP contribution in [-0.4, -0.2) is 3.42 Å². The first kappa shape index (κ1) is 20.3. The zero-order valence-electron chi connectivity index (χ0n) is 19.8. The van der Waals surface area contributed by atoms with E-state index in [0.717, 1.165) is 16.7 Å². The second-order valence-electron chi connectivity index (χ2n) is 14.2. The third-order valence-corrected chi connectivity index (χ3v) is 13.8. The summed E-state index contributed by atoms with van der Waals surface area (Å²) in [6.07, 6.45) is 25.0. The van der Waals surface area contributed by atoms with Gasteiger partial charge in [0.15, 0.2) is 0 Å². The van der Waals surface area contributed by atoms with Crippen LogP contribution >= 0.6 is 22.6 Å². The minimum Gasteiger partial charge on any atom is -0.0788 e. The second kappa shape index (κ2) is 5.80. The van der Waals surface area contributed by atoms with Crippen LogP contribution in [0.2, 0.25) is 0 Å². The third kappa shape index (κ3) is 2.49. The molecule has 8 fully saturated rings. The quantitative estimate of drug-likeness (QED) is 0.257. The molecule has 1 heteroatoms. The molecule has 0 radical (unpaired) electrons. The lowest BCUT2D eigenvalue weighted by Crippen LogP contribution is -2.70. The van der Waals surface area contributed by atoms with Crippen molar-refractivity contribution in [3.05, 3.63) is 0 Å². The first-order valence-electron chi connectivity index (χ1n) is 13.3. The van der Waals surface area contributed by atoms with Gasteiger partial charge in [0.1, 0.15) is 0 Å². The van der Waals surface area contributed by atoms with Gasteiger partial charge in [-0.25, -0.2) is 0 Å². The van der Waals surface area contributed by atoms with E-state index >= 15 is 0 Å². The first-order valence-corrected chi connectivity index (χ1v) is 14.4. The second-order valence-corrected chi connectivity index (χ2v) is 16.5. The molecule has 0 aromatic rings. The van der Waals surface area contributed by atoms with Crippen molar-refractivity contribution >= 4 is 22.6 Å². The van der Waals surface area contributed by atoms with E-state index in [1.807, 2.05) is 0 Å². The van der Waals surface area contributed by atoms with Crippen LogP contribution in [0.5, 0.6) is 0 Å². The number of halogens is 1. The van der Waals surface area contributed by atoms with Crippen molar-refractivity contribution in [3.8, 4) is 0 Å². The molecular formula is C28H45I. The Kier molecular flexibility index (Phi) is 4.07. The van der Waals surface area contributed by atoms with Crippen molar-refractivity contribution in [2.75, 3.05) is 0 Å². The zero-order valence-corrected chi connectivity index (χ0v) is 21.9. The van der Waals surface area contributed by atoms with Crippen LogP contribution in [0, 0.1) is 38.4 Å². The number of hydrogen-bond donors (Lipinski definition) is 0. The maximum absolute atomic E-state index is 3.03. The standard InChI is InChI=1S/C28H45I/c1-5-22-9-21-10-23(6-2,12-22)15-26(11-21,14-22)27-16-24(7-3)13-25(8-4,17-27)19-28(29,18-24)20-27/h21H,5-20H2,1-4H3. The Morgan fingerprint density at radius 2 is 0.966 bits per heavy atom. The molecule has 0 N–H and O–H groups in total. The van der Waals surface area contributed by atoms with E-state index < -0.39 is 0 Å². The van der Waals surface area contributed by atoms with Crippen LogP contribution in [0.3, 0.4) is 0 Å². The summed E-state index contributed by atoms with van der Waals surface area (Å²) in [4.78, 5) is 0. The van der Waals surface area contributed by atoms with E-state index in [4.69, 9.17) is 0 Å². The van der Waals surface area contributed by atoms with E-state index in [9.17, 15) is 0 Å². The van der Waals surface area contributed by atoms with E-state index in [1.165, 1.54) is 25.7 Å². The maximum atomic E-state index is 3.03. The summed E-state index contributed by atoms with van der Waals surface area (Å²) >= 11 is 3.03. The van der Waals surface area contributed by atoms with Crippen molar-refractivity contribution in [3.63, 3.8) is 0 Å². The minimum absolute atomic E-state index is 0.626. The Hall–Kier alpha value is 0.730. The predicted molar refractivity (Wildman–Crippen MR) is 131 cm³/mol. The summed E-state index contributed by atoms with van der Waals surface area (Å²) in [5, 5.41) is 0. The van der Waals surface area contributed by atoms with Gasteiger partial charge in [-0.05, 0) is 115 Å². The van der Waals surface area contributed by atoms with Gasteiger partial charge < -0.3 is 0 Å². The van der Waals surface area contributed by atoms with Crippen molar-refractivity contribution in [1.82, 2.24) is 0 Å². The van der Waals surface area contributed by atoms with Crippen molar-refractivity contribution in [2.24, 2.45) is 38.4 Å². The van der Waals surface area contributed by atoms with Gasteiger partial charge in [0.25, 0.3) is 0 Å². The van der Waals surface area contributed by atoms with Crippen molar-refractivity contribution < 1.29 is 0 Å². The predicted octanol–water partition coefficient (Wildman–Crippen LogP) is 9.10. The Morgan fingerprint density at radius 3 is 1.45 bits per heavy atom. The molecule has 29 heavy (non-hydrogen) atoms. The molecule has 8 saturated carbocycles. The lowest BCUT2D eigenvalue weighted by molar-refractivity contribution is -0.269. The molecular weight excluding hydrogens is 463 g/mol. The molecule has 164 valence electrons. The summed E-state index contributed by atoms with van der Waals surface area (Å²) in [5.74, 6) is 1.07. The number of alkyl halides is 1. The van der Waals surface area contributed by atoms with Crippen LogP contribution in [0.4, 0.5) is 0 Å². The Bertz CT molecular complexity index is 680. The van der Waals surface area contributed by atoms with Crippen LogP contribution in [0.25, 0.3) is 0 Å². The van der Waals surface area contributed by atoms with Crippen LogP contribution in [-0.2, 0) is 0 Å². The highest BCUT2D eigenvalue weighted by atomic mass is 127. The van der Waals surface area contributed by atoms with E-state index in [2.05, 4.69) is 50.3 Å². The molecule has 0 aromatic heterocycles. The lowest BCUT2D eigenvalue weighted by Gasteiger charge is -2.79. The van der Waals surface area contributed by atoms with Gasteiger partial charge in [0, 0.05) is 3.42 Å². The molecule has 0 aliphatic heterocycles. The summed E-state index contributed by atoms with van der Waals surface area (Å²) in [6, 6.07) is 0. The van der Waals surface area contributed by atoms with Gasteiger partial charge in [-0.2, -0.15) is 0 Å². The molecule has 0 aromatic carbocycles. The zero-order chi connectivity index (χ0) is 20.4. The molecule has 8 aliphatic rings. The Morgan fingerprint density at radius 1 is 0.517 bits per heavy atom. The largest absolute Gasteiger partial charge is 0.0788 e. The van der Waals surface area contributed by atoms with Crippen LogP contribution in [0.15, 0.2) is 0 Å². The van der Waals surface area contributed by atoms with Crippen LogP contribution < -0.4 is 0 Å². The molecule has 4 atom stereocenters. The highest BCUT2D eigenvalue weighted by molar-refractivity contribution is 14.1. The SMILES string of the molecule is CCC12CC3CC(CC)(C1)CC(C14CC5(I)CC(CC)(CC(CC)(C5)C1)C4)(C3)C2. The molecule has 0 saturated heterocycles. The van der Waals surface area contributed by atoms with E-state index in [0.29, 0.717) is 25.1 Å². The van der Waals surface area contributed by atoms with Gasteiger partial charge in [-0.1, -0.05) is 76.0 Å². The number of rotatable bonds is 5. The van der Waals surface area contributed by atoms with Crippen LogP contribution in [0.1, 0.15) is 130 Å². The van der Waals surface area contributed by atoms with Gasteiger partial charge in [0.05, 0.1) is 0 Å². The summed E-state index contributed by atoms with van der Waals surface area (Å²) in [7, 11) is 0. The van der Waals surface area contributed by atoms with Gasteiger partial charge in [-0.15, -0.1) is 0 Å². The molecule has 0 heterocycles. The molecule has 8 aliphatic carbocycles. The van der Waals surface area contributed by atoms with E-state index in [1.54, 1.807) is 77.0 Å². The van der Waals surface area contributed by atoms with Gasteiger partial charge in [-0.3, -0.25) is 0 Å². The van der Waals surface area contributed by atoms with Gasteiger partial charge >= 0.3 is 0 Å². The topological polar surface area (TPSA) is 0 Å². The smallest absolute Gasteiger partial charge is 0.0238 e. The highest BCUT2D eigenvalue weighted by Crippen LogP contribution is 2.84. The summed E-state index contributed by atoms with van der Waals surface area (Å²) < 4.78 is 0.626. The van der Waals surface area contributed by atoms with Crippen molar-refractivity contribution in [1.29, 1.82) is 0 Å². The molecule has 4 unspecified atom stereocenters. The minimum atomic E-state index is 0.626. The third-order valence-electron chi connectivity index (χ3n) is 12.6.